The van der Waals surface area contributed by atoms with Gasteiger partial charge >= 0.3 is 5.97 Å². The Labute approximate surface area is 164 Å². The molecule has 0 unspecified atom stereocenters. The van der Waals surface area contributed by atoms with Crippen LogP contribution in [-0.4, -0.2) is 34.6 Å². The molecule has 0 saturated carbocycles. The number of aryl methyl sites for hydroxylation is 2. The number of ether oxygens (including phenoxy) is 2. The van der Waals surface area contributed by atoms with E-state index < -0.39 is 22.5 Å². The number of hydrogen-bond acceptors (Lipinski definition) is 5. The number of esters is 1. The van der Waals surface area contributed by atoms with E-state index in [1.807, 2.05) is 13.8 Å². The maximum atomic E-state index is 13.2. The van der Waals surface area contributed by atoms with Crippen LogP contribution in [0.5, 0.6) is 5.75 Å². The molecular weight excluding hydrogens is 390 g/mol. The molecular formula is C19H22ClNO5S. The molecule has 27 heavy (non-hydrogen) atoms. The predicted molar refractivity (Wildman–Crippen MR) is 105 cm³/mol. The monoisotopic (exact) mass is 411 g/mol. The van der Waals surface area contributed by atoms with E-state index in [9.17, 15) is 13.2 Å². The summed E-state index contributed by atoms with van der Waals surface area (Å²) in [5.74, 6) is -0.280. The van der Waals surface area contributed by atoms with Gasteiger partial charge in [-0.15, -0.1) is 0 Å². The van der Waals surface area contributed by atoms with Crippen LogP contribution in [0.2, 0.25) is 5.02 Å². The normalized spacial score (nSPS) is 11.1. The highest BCUT2D eigenvalue weighted by atomic mass is 35.5. The second-order valence-electron chi connectivity index (χ2n) is 5.88. The molecule has 0 heterocycles. The van der Waals surface area contributed by atoms with Crippen LogP contribution in [-0.2, 0) is 19.6 Å². The van der Waals surface area contributed by atoms with E-state index in [-0.39, 0.29) is 16.5 Å². The van der Waals surface area contributed by atoms with Crippen molar-refractivity contribution in [1.29, 1.82) is 0 Å². The molecule has 146 valence electrons. The van der Waals surface area contributed by atoms with E-state index in [1.54, 1.807) is 25.1 Å². The molecule has 0 bridgehead atoms. The van der Waals surface area contributed by atoms with Gasteiger partial charge in [0.2, 0.25) is 0 Å². The maximum absolute atomic E-state index is 13.2. The number of anilines is 1. The summed E-state index contributed by atoms with van der Waals surface area (Å²) in [6.45, 7) is 5.18. The number of carbonyl (C=O) groups is 1. The van der Waals surface area contributed by atoms with Gasteiger partial charge < -0.3 is 9.47 Å². The quantitative estimate of drug-likeness (QED) is 0.649. The lowest BCUT2D eigenvalue weighted by Crippen LogP contribution is -2.36. The molecule has 6 nitrogen and oxygen atoms in total. The summed E-state index contributed by atoms with van der Waals surface area (Å²) >= 11 is 6.09. The van der Waals surface area contributed by atoms with Crippen LogP contribution in [0.4, 0.5) is 5.69 Å². The Morgan fingerprint density at radius 3 is 2.37 bits per heavy atom. The average Bonchev–Trinajstić information content (AvgIpc) is 2.62. The van der Waals surface area contributed by atoms with Crippen molar-refractivity contribution in [2.75, 3.05) is 24.6 Å². The fourth-order valence-electron chi connectivity index (χ4n) is 2.45. The van der Waals surface area contributed by atoms with Gasteiger partial charge in [-0.2, -0.15) is 0 Å². The zero-order valence-electron chi connectivity index (χ0n) is 15.7. The molecule has 0 saturated heterocycles. The lowest BCUT2D eigenvalue weighted by atomic mass is 10.1. The molecule has 0 aliphatic rings. The average molecular weight is 412 g/mol. The lowest BCUT2D eigenvalue weighted by molar-refractivity contribution is -0.141. The van der Waals surface area contributed by atoms with Crippen molar-refractivity contribution < 1.29 is 22.7 Å². The molecule has 0 N–H and O–H groups in total. The number of rotatable bonds is 7. The van der Waals surface area contributed by atoms with Crippen LogP contribution in [0.1, 0.15) is 18.1 Å². The van der Waals surface area contributed by atoms with Crippen LogP contribution in [0.25, 0.3) is 0 Å². The summed E-state index contributed by atoms with van der Waals surface area (Å²) in [7, 11) is -2.61. The first kappa shape index (κ1) is 21.1. The van der Waals surface area contributed by atoms with Gasteiger partial charge in [0.25, 0.3) is 10.0 Å². The Morgan fingerprint density at radius 2 is 1.81 bits per heavy atom. The predicted octanol–water partition coefficient (Wildman–Crippen LogP) is 3.72. The van der Waals surface area contributed by atoms with E-state index >= 15 is 0 Å². The van der Waals surface area contributed by atoms with Gasteiger partial charge in [-0.3, -0.25) is 9.10 Å². The molecule has 2 aromatic carbocycles. The number of sulfonamides is 1. The molecule has 0 amide bonds. The molecule has 0 aliphatic heterocycles. The summed E-state index contributed by atoms with van der Waals surface area (Å²) in [6, 6.07) is 9.34. The Bertz CT molecular complexity index is 943. The van der Waals surface area contributed by atoms with E-state index in [2.05, 4.69) is 0 Å². The van der Waals surface area contributed by atoms with Crippen LogP contribution in [0.3, 0.4) is 0 Å². The second kappa shape index (κ2) is 8.63. The van der Waals surface area contributed by atoms with Crippen LogP contribution < -0.4 is 9.04 Å². The maximum Gasteiger partial charge on any atom is 0.326 e. The van der Waals surface area contributed by atoms with Crippen molar-refractivity contribution in [2.45, 2.75) is 25.7 Å². The minimum absolute atomic E-state index is 0.0455. The Kier molecular flexibility index (Phi) is 6.73. The second-order valence-corrected chi connectivity index (χ2v) is 8.15. The number of methoxy groups -OCH3 is 1. The summed E-state index contributed by atoms with van der Waals surface area (Å²) in [6.07, 6.45) is 0. The highest BCUT2D eigenvalue weighted by Gasteiger charge is 2.28. The molecule has 0 spiro atoms. The molecule has 0 aromatic heterocycles. The van der Waals surface area contributed by atoms with E-state index in [0.717, 1.165) is 15.4 Å². The van der Waals surface area contributed by atoms with Gasteiger partial charge in [-0.05, 0) is 62.2 Å². The molecule has 2 aromatic rings. The largest absolute Gasteiger partial charge is 0.495 e. The summed E-state index contributed by atoms with van der Waals surface area (Å²) < 4.78 is 37.5. The third-order valence-electron chi connectivity index (χ3n) is 4.07. The highest BCUT2D eigenvalue weighted by molar-refractivity contribution is 7.92. The standard InChI is InChI=1S/C19H22ClNO5S/c1-5-26-19(22)12-21(15-7-6-13(2)14(3)10-15)27(23,24)16-8-9-18(25-4)17(20)11-16/h6-11H,5,12H2,1-4H3. The SMILES string of the molecule is CCOC(=O)CN(c1ccc(C)c(C)c1)S(=O)(=O)c1ccc(OC)c(Cl)c1. The van der Waals surface area contributed by atoms with E-state index in [1.165, 1.54) is 25.3 Å². The zero-order chi connectivity index (χ0) is 20.2. The first-order valence-electron chi connectivity index (χ1n) is 8.29. The fourth-order valence-corrected chi connectivity index (χ4v) is 4.20. The third kappa shape index (κ3) is 4.73. The molecule has 0 radical (unpaired) electrons. The fraction of sp³-hybridized carbons (Fsp3) is 0.316. The third-order valence-corrected chi connectivity index (χ3v) is 6.13. The van der Waals surface area contributed by atoms with Gasteiger partial charge in [-0.1, -0.05) is 17.7 Å². The Balaban J connectivity index is 2.55. The molecule has 8 heteroatoms. The topological polar surface area (TPSA) is 72.9 Å². The highest BCUT2D eigenvalue weighted by Crippen LogP contribution is 2.31. The Morgan fingerprint density at radius 1 is 1.11 bits per heavy atom. The number of halogens is 1. The van der Waals surface area contributed by atoms with Crippen molar-refractivity contribution in [3.8, 4) is 5.75 Å². The summed E-state index contributed by atoms with van der Waals surface area (Å²) in [5, 5.41) is 0.162. The van der Waals surface area contributed by atoms with Crippen molar-refractivity contribution in [3.05, 3.63) is 52.5 Å². The lowest BCUT2D eigenvalue weighted by Gasteiger charge is -2.24. The molecule has 2 rings (SSSR count). The molecule has 0 aliphatic carbocycles. The van der Waals surface area contributed by atoms with Gasteiger partial charge in [0.15, 0.2) is 0 Å². The zero-order valence-corrected chi connectivity index (χ0v) is 17.2. The van der Waals surface area contributed by atoms with Crippen LogP contribution >= 0.6 is 11.6 Å². The van der Waals surface area contributed by atoms with Crippen molar-refractivity contribution in [2.24, 2.45) is 0 Å². The number of benzene rings is 2. The minimum Gasteiger partial charge on any atom is -0.495 e. The van der Waals surface area contributed by atoms with E-state index in [0.29, 0.717) is 11.4 Å². The van der Waals surface area contributed by atoms with E-state index in [4.69, 9.17) is 21.1 Å². The van der Waals surface area contributed by atoms with Crippen molar-refractivity contribution in [3.63, 3.8) is 0 Å². The van der Waals surface area contributed by atoms with Crippen molar-refractivity contribution >= 4 is 33.3 Å². The Hall–Kier alpha value is -2.25. The van der Waals surface area contributed by atoms with Crippen molar-refractivity contribution in [1.82, 2.24) is 0 Å². The molecule has 0 atom stereocenters. The van der Waals surface area contributed by atoms with Gasteiger partial charge in [-0.25, -0.2) is 8.42 Å². The van der Waals surface area contributed by atoms with Gasteiger partial charge in [0.05, 0.1) is 29.3 Å². The summed E-state index contributed by atoms with van der Waals surface area (Å²) in [5.41, 5.74) is 2.29. The summed E-state index contributed by atoms with van der Waals surface area (Å²) in [4.78, 5) is 12.0. The smallest absolute Gasteiger partial charge is 0.326 e. The number of hydrogen-bond donors (Lipinski definition) is 0. The number of nitrogens with zero attached hydrogens (tertiary/aromatic N) is 1. The van der Waals surface area contributed by atoms with Gasteiger partial charge in [0.1, 0.15) is 12.3 Å². The molecule has 0 fully saturated rings. The minimum atomic E-state index is -4.05. The van der Waals surface area contributed by atoms with Gasteiger partial charge in [0, 0.05) is 0 Å². The van der Waals surface area contributed by atoms with Crippen LogP contribution in [0, 0.1) is 13.8 Å². The van der Waals surface area contributed by atoms with Crippen LogP contribution in [0.15, 0.2) is 41.3 Å². The first-order valence-corrected chi connectivity index (χ1v) is 10.1. The number of carbonyl (C=O) groups excluding carboxylic acids is 1. The first-order chi connectivity index (χ1) is 12.7.